The summed E-state index contributed by atoms with van der Waals surface area (Å²) in [6.45, 7) is 2.27. The van der Waals surface area contributed by atoms with Gasteiger partial charge < -0.3 is 5.32 Å². The van der Waals surface area contributed by atoms with Crippen molar-refractivity contribution in [1.29, 1.82) is 0 Å². The van der Waals surface area contributed by atoms with Crippen molar-refractivity contribution in [3.8, 4) is 0 Å². The van der Waals surface area contributed by atoms with Crippen LogP contribution in [0.15, 0.2) is 0 Å². The van der Waals surface area contributed by atoms with Gasteiger partial charge in [0, 0.05) is 17.8 Å². The topological polar surface area (TPSA) is 42.0 Å². The van der Waals surface area contributed by atoms with Crippen molar-refractivity contribution in [2.75, 3.05) is 5.32 Å². The van der Waals surface area contributed by atoms with Crippen LogP contribution in [0.25, 0.3) is 0 Å². The van der Waals surface area contributed by atoms with E-state index in [9.17, 15) is 4.79 Å². The molecule has 1 aromatic heterocycles. The van der Waals surface area contributed by atoms with Gasteiger partial charge in [-0.05, 0) is 56.1 Å². The lowest BCUT2D eigenvalue weighted by molar-refractivity contribution is -0.116. The first-order chi connectivity index (χ1) is 13.8. The zero-order valence-corrected chi connectivity index (χ0v) is 18.1. The third-order valence-corrected chi connectivity index (χ3v) is 6.52. The lowest BCUT2D eigenvalue weighted by atomic mass is 10.0. The van der Waals surface area contributed by atoms with Crippen LogP contribution in [0.3, 0.4) is 0 Å². The van der Waals surface area contributed by atoms with Crippen molar-refractivity contribution in [3.05, 3.63) is 22.5 Å². The van der Waals surface area contributed by atoms with Gasteiger partial charge in [0.1, 0.15) is 0 Å². The lowest BCUT2D eigenvalue weighted by Gasteiger charge is -2.15. The number of carbonyl (C=O) groups excluding carboxylic acids is 1. The fourth-order valence-corrected chi connectivity index (χ4v) is 4.89. The Morgan fingerprint density at radius 3 is 1.79 bits per heavy atom. The van der Waals surface area contributed by atoms with Crippen molar-refractivity contribution < 1.29 is 4.79 Å². The zero-order chi connectivity index (χ0) is 19.6. The summed E-state index contributed by atoms with van der Waals surface area (Å²) in [6.07, 6.45) is 21.9. The van der Waals surface area contributed by atoms with E-state index in [1.807, 2.05) is 0 Å². The van der Waals surface area contributed by atoms with E-state index in [0.29, 0.717) is 6.42 Å². The van der Waals surface area contributed by atoms with Gasteiger partial charge in [-0.15, -0.1) is 0 Å². The predicted molar refractivity (Wildman–Crippen MR) is 118 cm³/mol. The first-order valence-corrected chi connectivity index (χ1v) is 12.1. The molecule has 0 saturated carbocycles. The van der Waals surface area contributed by atoms with Gasteiger partial charge in [0.05, 0.1) is 5.69 Å². The Morgan fingerprint density at radius 2 is 1.25 bits per heavy atom. The quantitative estimate of drug-likeness (QED) is 0.384. The number of aryl methyl sites for hydroxylation is 2. The highest BCUT2D eigenvalue weighted by molar-refractivity contribution is 5.93. The second-order valence-electron chi connectivity index (χ2n) is 8.88. The maximum Gasteiger partial charge on any atom is 0.224 e. The number of hydrogen-bond donors (Lipinski definition) is 1. The molecule has 0 saturated heterocycles. The van der Waals surface area contributed by atoms with Crippen LogP contribution in [-0.2, 0) is 30.5 Å². The maximum absolute atomic E-state index is 12.5. The molecule has 0 fully saturated rings. The molecule has 1 aromatic rings. The molecule has 3 nitrogen and oxygen atoms in total. The largest absolute Gasteiger partial charge is 0.325 e. The lowest BCUT2D eigenvalue weighted by Crippen LogP contribution is -2.15. The fourth-order valence-electron chi connectivity index (χ4n) is 4.89. The maximum atomic E-state index is 12.5. The molecule has 0 bridgehead atoms. The molecule has 2 aliphatic rings. The second kappa shape index (κ2) is 11.6. The normalized spacial score (nSPS) is 14.9. The van der Waals surface area contributed by atoms with Crippen LogP contribution in [0.1, 0.15) is 119 Å². The molecular formula is C25H40N2O. The summed E-state index contributed by atoms with van der Waals surface area (Å²) in [6, 6.07) is 0. The summed E-state index contributed by atoms with van der Waals surface area (Å²) >= 11 is 0. The number of hydrogen-bond acceptors (Lipinski definition) is 2. The molecule has 28 heavy (non-hydrogen) atoms. The molecule has 1 N–H and O–H groups in total. The summed E-state index contributed by atoms with van der Waals surface area (Å²) in [7, 11) is 0. The van der Waals surface area contributed by atoms with Gasteiger partial charge in [-0.1, -0.05) is 71.1 Å². The van der Waals surface area contributed by atoms with E-state index in [-0.39, 0.29) is 5.91 Å². The summed E-state index contributed by atoms with van der Waals surface area (Å²) in [5.74, 6) is 0.213. The Bertz CT molecular complexity index is 606. The van der Waals surface area contributed by atoms with Crippen LogP contribution in [0, 0.1) is 0 Å². The number of unbranched alkanes of at least 4 members (excludes halogenated alkanes) is 10. The van der Waals surface area contributed by atoms with Crippen LogP contribution in [-0.4, -0.2) is 10.9 Å². The number of nitrogens with one attached hydrogen (secondary N) is 1. The van der Waals surface area contributed by atoms with Gasteiger partial charge in [-0.25, -0.2) is 0 Å². The molecule has 0 atom stereocenters. The average Bonchev–Trinajstić information content (AvgIpc) is 3.35. The second-order valence-corrected chi connectivity index (χ2v) is 8.88. The van der Waals surface area contributed by atoms with Crippen LogP contribution >= 0.6 is 0 Å². The number of rotatable bonds is 13. The van der Waals surface area contributed by atoms with Gasteiger partial charge in [-0.2, -0.15) is 0 Å². The number of carbonyl (C=O) groups is 1. The molecule has 3 heteroatoms. The number of amides is 1. The predicted octanol–water partition coefficient (Wildman–Crippen LogP) is 6.70. The average molecular weight is 385 g/mol. The van der Waals surface area contributed by atoms with Gasteiger partial charge in [0.25, 0.3) is 0 Å². The van der Waals surface area contributed by atoms with E-state index >= 15 is 0 Å². The number of nitrogens with zero attached hydrogens (tertiary/aromatic N) is 1. The standard InChI is InChI=1S/C25H40N2O/c1-2-3-4-5-6-7-8-9-10-11-12-19-24(28)27-25-20-15-13-17-22(20)26-23-18-14-16-21(23)25/h2-19H2,1H3,(H,26,27,28). The SMILES string of the molecule is CCCCCCCCCCCCCC(=O)Nc1c2c(nc3c1CCC3)CCC2. The summed E-state index contributed by atoms with van der Waals surface area (Å²) < 4.78 is 0. The van der Waals surface area contributed by atoms with Gasteiger partial charge >= 0.3 is 0 Å². The highest BCUT2D eigenvalue weighted by Gasteiger charge is 2.26. The molecule has 1 heterocycles. The number of fused-ring (bicyclic) bond motifs is 2. The summed E-state index contributed by atoms with van der Waals surface area (Å²) in [5, 5.41) is 3.30. The van der Waals surface area contributed by atoms with Crippen LogP contribution < -0.4 is 5.32 Å². The van der Waals surface area contributed by atoms with Crippen LogP contribution in [0.2, 0.25) is 0 Å². The Hall–Kier alpha value is -1.38. The van der Waals surface area contributed by atoms with Crippen molar-refractivity contribution in [1.82, 2.24) is 4.98 Å². The summed E-state index contributed by atoms with van der Waals surface area (Å²) in [5.41, 5.74) is 6.35. The minimum Gasteiger partial charge on any atom is -0.325 e. The Labute approximate surface area is 172 Å². The molecule has 156 valence electrons. The van der Waals surface area contributed by atoms with E-state index < -0.39 is 0 Å². The molecule has 2 aliphatic carbocycles. The van der Waals surface area contributed by atoms with Crippen molar-refractivity contribution in [3.63, 3.8) is 0 Å². The van der Waals surface area contributed by atoms with E-state index in [1.165, 1.54) is 99.6 Å². The molecule has 0 aromatic carbocycles. The molecule has 0 unspecified atom stereocenters. The van der Waals surface area contributed by atoms with Crippen molar-refractivity contribution in [2.24, 2.45) is 0 Å². The highest BCUT2D eigenvalue weighted by Crippen LogP contribution is 2.36. The van der Waals surface area contributed by atoms with E-state index in [4.69, 9.17) is 4.98 Å². The first kappa shape index (κ1) is 21.3. The summed E-state index contributed by atoms with van der Waals surface area (Å²) in [4.78, 5) is 17.4. The zero-order valence-electron chi connectivity index (χ0n) is 18.1. The smallest absolute Gasteiger partial charge is 0.224 e. The molecule has 0 spiro atoms. The van der Waals surface area contributed by atoms with E-state index in [2.05, 4.69) is 12.2 Å². The number of pyridine rings is 1. The third kappa shape index (κ3) is 6.06. The number of anilines is 1. The first-order valence-electron chi connectivity index (χ1n) is 12.1. The van der Waals surface area contributed by atoms with Gasteiger partial charge in [-0.3, -0.25) is 9.78 Å². The monoisotopic (exact) mass is 384 g/mol. The number of aromatic nitrogens is 1. The molecular weight excluding hydrogens is 344 g/mol. The van der Waals surface area contributed by atoms with Crippen molar-refractivity contribution >= 4 is 11.6 Å². The Morgan fingerprint density at radius 1 is 0.750 bits per heavy atom. The molecule has 3 rings (SSSR count). The Kier molecular flexibility index (Phi) is 8.82. The molecule has 0 radical (unpaired) electrons. The molecule has 1 amide bonds. The Balaban J connectivity index is 1.31. The van der Waals surface area contributed by atoms with Crippen LogP contribution in [0.4, 0.5) is 5.69 Å². The minimum atomic E-state index is 0.213. The minimum absolute atomic E-state index is 0.213. The third-order valence-electron chi connectivity index (χ3n) is 6.52. The van der Waals surface area contributed by atoms with Crippen molar-refractivity contribution in [2.45, 2.75) is 122 Å². The van der Waals surface area contributed by atoms with E-state index in [0.717, 1.165) is 37.8 Å². The fraction of sp³-hybridized carbons (Fsp3) is 0.760. The highest BCUT2D eigenvalue weighted by atomic mass is 16.1. The van der Waals surface area contributed by atoms with Crippen LogP contribution in [0.5, 0.6) is 0 Å². The van der Waals surface area contributed by atoms with E-state index in [1.54, 1.807) is 0 Å². The van der Waals surface area contributed by atoms with Gasteiger partial charge in [0.2, 0.25) is 5.91 Å². The van der Waals surface area contributed by atoms with Gasteiger partial charge in [0.15, 0.2) is 0 Å². The molecule has 0 aliphatic heterocycles.